The van der Waals surface area contributed by atoms with Crippen molar-refractivity contribution < 1.29 is 14.1 Å². The van der Waals surface area contributed by atoms with E-state index < -0.39 is 11.0 Å². The molecule has 2 aromatic carbocycles. The lowest BCUT2D eigenvalue weighted by atomic mass is 10.1. The van der Waals surface area contributed by atoms with Gasteiger partial charge in [-0.1, -0.05) is 30.3 Å². The van der Waals surface area contributed by atoms with E-state index in [0.29, 0.717) is 22.8 Å². The number of hydrazone groups is 1. The maximum Gasteiger partial charge on any atom is 0.339 e. The summed E-state index contributed by atoms with van der Waals surface area (Å²) in [5, 5.41) is 17.6. The van der Waals surface area contributed by atoms with Crippen LogP contribution < -0.4 is 10.7 Å². The molecule has 0 aliphatic carbocycles. The van der Waals surface area contributed by atoms with Gasteiger partial charge in [-0.25, -0.2) is 10.2 Å². The third kappa shape index (κ3) is 4.37. The Hall–Kier alpha value is -3.94. The molecule has 2 amide bonds. The zero-order valence-corrected chi connectivity index (χ0v) is 14.4. The van der Waals surface area contributed by atoms with E-state index in [1.807, 2.05) is 25.1 Å². The van der Waals surface area contributed by atoms with E-state index in [4.69, 9.17) is 4.42 Å². The number of para-hydroxylation sites is 2. The first kappa shape index (κ1) is 17.9. The van der Waals surface area contributed by atoms with Crippen molar-refractivity contribution in [1.29, 1.82) is 0 Å². The van der Waals surface area contributed by atoms with Gasteiger partial charge < -0.3 is 9.73 Å². The molecule has 0 aliphatic rings. The fraction of sp³-hybridized carbons (Fsp3) is 0.0526. The second kappa shape index (κ2) is 7.96. The molecular weight excluding hydrogens is 348 g/mol. The third-order valence-corrected chi connectivity index (χ3v) is 3.74. The largest absolute Gasteiger partial charge is 0.455 e. The van der Waals surface area contributed by atoms with Gasteiger partial charge in [-0.2, -0.15) is 5.10 Å². The molecule has 8 heteroatoms. The molecule has 0 saturated carbocycles. The van der Waals surface area contributed by atoms with E-state index in [-0.39, 0.29) is 5.69 Å². The molecule has 2 N–H and O–H groups in total. The summed E-state index contributed by atoms with van der Waals surface area (Å²) >= 11 is 0. The van der Waals surface area contributed by atoms with Crippen LogP contribution in [0.3, 0.4) is 0 Å². The van der Waals surface area contributed by atoms with Crippen LogP contribution in [-0.4, -0.2) is 17.2 Å². The highest BCUT2D eigenvalue weighted by Crippen LogP contribution is 2.30. The zero-order chi connectivity index (χ0) is 19.2. The number of nitro benzene ring substituents is 1. The van der Waals surface area contributed by atoms with Gasteiger partial charge in [-0.3, -0.25) is 10.1 Å². The molecule has 3 aromatic rings. The predicted molar refractivity (Wildman–Crippen MR) is 102 cm³/mol. The van der Waals surface area contributed by atoms with E-state index in [9.17, 15) is 14.9 Å². The molecule has 0 saturated heterocycles. The first-order valence-electron chi connectivity index (χ1n) is 8.04. The summed E-state index contributed by atoms with van der Waals surface area (Å²) in [6, 6.07) is 16.4. The lowest BCUT2D eigenvalue weighted by Gasteiger charge is -2.06. The normalized spacial score (nSPS) is 10.7. The first-order chi connectivity index (χ1) is 13.0. The molecule has 0 bridgehead atoms. The quantitative estimate of drug-likeness (QED) is 0.399. The van der Waals surface area contributed by atoms with Gasteiger partial charge in [-0.15, -0.1) is 0 Å². The van der Waals surface area contributed by atoms with Crippen LogP contribution in [0.1, 0.15) is 11.3 Å². The van der Waals surface area contributed by atoms with Crippen molar-refractivity contribution in [2.45, 2.75) is 6.92 Å². The standard InChI is InChI=1S/C19H16N4O4/c1-13-6-2-4-8-16(13)21-19(24)22-20-12-14-10-11-18(27-14)15-7-3-5-9-17(15)23(25)26/h2-12H,1H3,(H2,21,22,24). The number of carbonyl (C=O) groups excluding carboxylic acids is 1. The Morgan fingerprint density at radius 3 is 2.63 bits per heavy atom. The summed E-state index contributed by atoms with van der Waals surface area (Å²) in [4.78, 5) is 22.5. The Bertz CT molecular complexity index is 1010. The van der Waals surface area contributed by atoms with Crippen LogP contribution in [-0.2, 0) is 0 Å². The van der Waals surface area contributed by atoms with Crippen molar-refractivity contribution in [2.75, 3.05) is 5.32 Å². The van der Waals surface area contributed by atoms with Crippen LogP contribution >= 0.6 is 0 Å². The van der Waals surface area contributed by atoms with Crippen LogP contribution in [0.25, 0.3) is 11.3 Å². The Morgan fingerprint density at radius 2 is 1.85 bits per heavy atom. The van der Waals surface area contributed by atoms with Crippen LogP contribution in [0.2, 0.25) is 0 Å². The SMILES string of the molecule is Cc1ccccc1NC(=O)NN=Cc1ccc(-c2ccccc2[N+](=O)[O-])o1. The number of anilines is 1. The van der Waals surface area contributed by atoms with Crippen LogP contribution in [0.4, 0.5) is 16.2 Å². The number of aryl methyl sites for hydroxylation is 1. The summed E-state index contributed by atoms with van der Waals surface area (Å²) in [6.45, 7) is 1.88. The highest BCUT2D eigenvalue weighted by Gasteiger charge is 2.16. The highest BCUT2D eigenvalue weighted by molar-refractivity contribution is 5.90. The fourth-order valence-corrected chi connectivity index (χ4v) is 2.43. The molecule has 0 radical (unpaired) electrons. The summed E-state index contributed by atoms with van der Waals surface area (Å²) in [5.41, 5.74) is 4.26. The Balaban J connectivity index is 1.65. The maximum absolute atomic E-state index is 11.9. The van der Waals surface area contributed by atoms with Crippen LogP contribution in [0.5, 0.6) is 0 Å². The minimum atomic E-state index is -0.494. The molecule has 0 fully saturated rings. The Morgan fingerprint density at radius 1 is 1.11 bits per heavy atom. The van der Waals surface area contributed by atoms with Crippen molar-refractivity contribution in [3.8, 4) is 11.3 Å². The van der Waals surface area contributed by atoms with Crippen molar-refractivity contribution in [2.24, 2.45) is 5.10 Å². The Labute approximate surface area is 154 Å². The summed E-state index contributed by atoms with van der Waals surface area (Å²) in [6.07, 6.45) is 1.32. The van der Waals surface area contributed by atoms with Crippen molar-refractivity contribution in [3.63, 3.8) is 0 Å². The van der Waals surface area contributed by atoms with Gasteiger partial charge in [0.25, 0.3) is 5.69 Å². The molecule has 0 aliphatic heterocycles. The van der Waals surface area contributed by atoms with Gasteiger partial charge >= 0.3 is 6.03 Å². The second-order valence-corrected chi connectivity index (χ2v) is 5.62. The molecule has 136 valence electrons. The average Bonchev–Trinajstić information content (AvgIpc) is 3.12. The number of amides is 2. The number of carbonyl (C=O) groups is 1. The van der Waals surface area contributed by atoms with Gasteiger partial charge in [0.05, 0.1) is 16.7 Å². The minimum absolute atomic E-state index is 0.0499. The molecule has 0 spiro atoms. The number of furan rings is 1. The fourth-order valence-electron chi connectivity index (χ4n) is 2.43. The van der Waals surface area contributed by atoms with Crippen molar-refractivity contribution in [1.82, 2.24) is 5.43 Å². The van der Waals surface area contributed by atoms with E-state index in [0.717, 1.165) is 5.56 Å². The number of hydrogen-bond acceptors (Lipinski definition) is 5. The minimum Gasteiger partial charge on any atom is -0.455 e. The number of urea groups is 1. The lowest BCUT2D eigenvalue weighted by molar-refractivity contribution is -0.384. The van der Waals surface area contributed by atoms with Gasteiger partial charge in [-0.05, 0) is 36.8 Å². The van der Waals surface area contributed by atoms with Gasteiger partial charge in [0.1, 0.15) is 11.5 Å². The topological polar surface area (TPSA) is 110 Å². The van der Waals surface area contributed by atoms with E-state index in [1.54, 1.807) is 36.4 Å². The van der Waals surface area contributed by atoms with E-state index in [2.05, 4.69) is 15.8 Å². The molecule has 27 heavy (non-hydrogen) atoms. The molecule has 1 aromatic heterocycles. The number of nitro groups is 1. The van der Waals surface area contributed by atoms with E-state index >= 15 is 0 Å². The van der Waals surface area contributed by atoms with Crippen molar-refractivity contribution in [3.05, 3.63) is 82.1 Å². The van der Waals surface area contributed by atoms with Gasteiger partial charge in [0, 0.05) is 11.8 Å². The molecular formula is C19H16N4O4. The summed E-state index contributed by atoms with van der Waals surface area (Å²) in [7, 11) is 0. The lowest BCUT2D eigenvalue weighted by Crippen LogP contribution is -2.24. The number of benzene rings is 2. The first-order valence-corrected chi connectivity index (χ1v) is 8.04. The summed E-state index contributed by atoms with van der Waals surface area (Å²) in [5.74, 6) is 0.687. The highest BCUT2D eigenvalue weighted by atomic mass is 16.6. The van der Waals surface area contributed by atoms with Gasteiger partial charge in [0.15, 0.2) is 0 Å². The molecule has 8 nitrogen and oxygen atoms in total. The molecule has 0 atom stereocenters. The van der Waals surface area contributed by atoms with Gasteiger partial charge in [0.2, 0.25) is 0 Å². The second-order valence-electron chi connectivity index (χ2n) is 5.62. The number of hydrogen-bond donors (Lipinski definition) is 2. The molecule has 1 heterocycles. The molecule has 3 rings (SSSR count). The number of rotatable bonds is 5. The van der Waals surface area contributed by atoms with Crippen molar-refractivity contribution >= 4 is 23.6 Å². The summed E-state index contributed by atoms with van der Waals surface area (Å²) < 4.78 is 5.55. The smallest absolute Gasteiger partial charge is 0.339 e. The average molecular weight is 364 g/mol. The number of nitrogens with zero attached hydrogens (tertiary/aromatic N) is 2. The van der Waals surface area contributed by atoms with Crippen LogP contribution in [0, 0.1) is 17.0 Å². The molecule has 0 unspecified atom stereocenters. The Kier molecular flexibility index (Phi) is 5.27. The zero-order valence-electron chi connectivity index (χ0n) is 14.4. The maximum atomic E-state index is 11.9. The monoisotopic (exact) mass is 364 g/mol. The number of nitrogens with one attached hydrogen (secondary N) is 2. The van der Waals surface area contributed by atoms with Crippen LogP contribution in [0.15, 0.2) is 70.2 Å². The predicted octanol–water partition coefficient (Wildman–Crippen LogP) is 4.32. The third-order valence-electron chi connectivity index (χ3n) is 3.74. The van der Waals surface area contributed by atoms with E-state index in [1.165, 1.54) is 12.3 Å².